The van der Waals surface area contributed by atoms with E-state index < -0.39 is 17.2 Å². The smallest absolute Gasteiger partial charge is 0.157 e. The summed E-state index contributed by atoms with van der Waals surface area (Å²) in [5, 5.41) is 0.285. The molecule has 5 rings (SSSR count). The number of ether oxygens (including phenoxy) is 1. The summed E-state index contributed by atoms with van der Waals surface area (Å²) in [6.07, 6.45) is 0. The van der Waals surface area contributed by atoms with E-state index in [-0.39, 0.29) is 21.2 Å². The minimum Gasteiger partial charge on any atom is -0.481 e. The van der Waals surface area contributed by atoms with E-state index in [2.05, 4.69) is 21.8 Å². The second-order valence-corrected chi connectivity index (χ2v) is 8.89. The molecule has 1 N–H and O–H groups in total. The van der Waals surface area contributed by atoms with Gasteiger partial charge in [-0.25, -0.2) is 13.8 Å². The first-order valence-corrected chi connectivity index (χ1v) is 10.8. The molecule has 0 unspecified atom stereocenters. The van der Waals surface area contributed by atoms with E-state index in [4.69, 9.17) is 27.9 Å². The quantitative estimate of drug-likeness (QED) is 0.289. The molecular weight excluding hydrogens is 465 g/mol. The Morgan fingerprint density at radius 1 is 0.970 bits per heavy atom. The van der Waals surface area contributed by atoms with E-state index in [0.29, 0.717) is 28.5 Å². The normalized spacial score (nSPS) is 13.4. The van der Waals surface area contributed by atoms with Crippen molar-refractivity contribution in [2.45, 2.75) is 19.4 Å². The lowest BCUT2D eigenvalue weighted by Crippen LogP contribution is -2.29. The van der Waals surface area contributed by atoms with Gasteiger partial charge in [0, 0.05) is 11.1 Å². The van der Waals surface area contributed by atoms with Gasteiger partial charge < -0.3 is 9.72 Å². The fourth-order valence-electron chi connectivity index (χ4n) is 3.79. The number of imidazole rings is 1. The molecule has 7 heteroatoms. The molecule has 3 nitrogen and oxygen atoms in total. The van der Waals surface area contributed by atoms with Gasteiger partial charge in [-0.15, -0.1) is 0 Å². The molecule has 0 bridgehead atoms. The number of rotatable bonds is 1. The topological polar surface area (TPSA) is 37.9 Å². The monoisotopic (exact) mass is 480 g/mol. The van der Waals surface area contributed by atoms with Gasteiger partial charge in [0.2, 0.25) is 0 Å². The zero-order valence-electron chi connectivity index (χ0n) is 17.6. The lowest BCUT2D eigenvalue weighted by molar-refractivity contribution is 0.101. The minimum atomic E-state index is -0.767. The van der Waals surface area contributed by atoms with Crippen LogP contribution in [0.25, 0.3) is 22.6 Å². The van der Waals surface area contributed by atoms with Crippen molar-refractivity contribution in [2.24, 2.45) is 0 Å². The average molecular weight is 481 g/mol. The van der Waals surface area contributed by atoms with Crippen molar-refractivity contribution in [3.8, 4) is 40.2 Å². The number of H-pyrrole nitrogens is 1. The van der Waals surface area contributed by atoms with Gasteiger partial charge in [0.15, 0.2) is 5.82 Å². The first-order valence-electron chi connectivity index (χ1n) is 10.1. The van der Waals surface area contributed by atoms with Crippen LogP contribution < -0.4 is 4.74 Å². The zero-order valence-corrected chi connectivity index (χ0v) is 19.1. The van der Waals surface area contributed by atoms with Crippen LogP contribution in [0.3, 0.4) is 0 Å². The van der Waals surface area contributed by atoms with Gasteiger partial charge in [-0.05, 0) is 56.3 Å². The van der Waals surface area contributed by atoms with Gasteiger partial charge >= 0.3 is 0 Å². The van der Waals surface area contributed by atoms with Gasteiger partial charge in [0.05, 0.1) is 32.6 Å². The summed E-state index contributed by atoms with van der Waals surface area (Å²) in [6.45, 7) is 3.78. The molecule has 1 aliphatic heterocycles. The van der Waals surface area contributed by atoms with Crippen molar-refractivity contribution in [3.63, 3.8) is 0 Å². The molecule has 4 aromatic rings. The van der Waals surface area contributed by atoms with Crippen LogP contribution in [0.5, 0.6) is 5.75 Å². The molecule has 0 aliphatic carbocycles. The molecule has 164 valence electrons. The van der Waals surface area contributed by atoms with E-state index >= 15 is 0 Å². The Morgan fingerprint density at radius 3 is 2.52 bits per heavy atom. The number of hydrogen-bond donors (Lipinski definition) is 1. The number of fused-ring (bicyclic) bond motifs is 3. The molecule has 0 amide bonds. The first kappa shape index (κ1) is 21.5. The molecule has 1 aliphatic rings. The second kappa shape index (κ2) is 7.91. The Morgan fingerprint density at radius 2 is 1.73 bits per heavy atom. The summed E-state index contributed by atoms with van der Waals surface area (Å²) < 4.78 is 34.9. The van der Waals surface area contributed by atoms with E-state index in [1.165, 1.54) is 12.1 Å². The summed E-state index contributed by atoms with van der Waals surface area (Å²) in [5.74, 6) is 5.64. The SMILES string of the molecule is CC1(C)Oc2cc(C#Cc3cccc(Cl)c3F)ccc2-c2nc(-c3c(F)cccc3Cl)[nH]c21. The molecule has 2 heterocycles. The number of nitrogens with zero attached hydrogens (tertiary/aromatic N) is 1. The average Bonchev–Trinajstić information content (AvgIpc) is 3.20. The molecule has 33 heavy (non-hydrogen) atoms. The number of hydrogen-bond acceptors (Lipinski definition) is 2. The highest BCUT2D eigenvalue weighted by Crippen LogP contribution is 2.45. The molecule has 1 aromatic heterocycles. The third kappa shape index (κ3) is 3.76. The van der Waals surface area contributed by atoms with Crippen LogP contribution >= 0.6 is 23.2 Å². The number of benzene rings is 3. The van der Waals surface area contributed by atoms with Crippen LogP contribution in [0.4, 0.5) is 8.78 Å². The zero-order chi connectivity index (χ0) is 23.3. The Bertz CT molecular complexity index is 1460. The second-order valence-electron chi connectivity index (χ2n) is 8.08. The van der Waals surface area contributed by atoms with Gasteiger partial charge in [0.1, 0.15) is 23.0 Å². The summed E-state index contributed by atoms with van der Waals surface area (Å²) in [5.41, 5.74) is 2.38. The van der Waals surface area contributed by atoms with Crippen LogP contribution in [-0.4, -0.2) is 9.97 Å². The van der Waals surface area contributed by atoms with E-state index in [0.717, 1.165) is 5.56 Å². The minimum absolute atomic E-state index is 0.0224. The molecular formula is C26H16Cl2F2N2O. The summed E-state index contributed by atoms with van der Waals surface area (Å²) in [7, 11) is 0. The van der Waals surface area contributed by atoms with Crippen molar-refractivity contribution >= 4 is 23.2 Å². The lowest BCUT2D eigenvalue weighted by atomic mass is 9.94. The highest BCUT2D eigenvalue weighted by Gasteiger charge is 2.36. The Kier molecular flexibility index (Phi) is 5.16. The van der Waals surface area contributed by atoms with E-state index in [1.54, 1.807) is 36.4 Å². The van der Waals surface area contributed by atoms with Crippen LogP contribution in [0.15, 0.2) is 54.6 Å². The number of nitrogens with one attached hydrogen (secondary N) is 1. The molecule has 0 radical (unpaired) electrons. The van der Waals surface area contributed by atoms with Crippen molar-refractivity contribution in [1.29, 1.82) is 0 Å². The standard InChI is InChI=1S/C26H16Cl2F2N2O/c1-26(2)24-23(31-25(32-24)21-17(27)6-4-8-19(21)29)16-12-10-14(13-20(16)33-26)9-11-15-5-3-7-18(28)22(15)30/h3-8,10,12-13H,1-2H3,(H,31,32). The van der Waals surface area contributed by atoms with Gasteiger partial charge in [0.25, 0.3) is 0 Å². The first-order chi connectivity index (χ1) is 15.7. The van der Waals surface area contributed by atoms with Crippen molar-refractivity contribution in [1.82, 2.24) is 9.97 Å². The third-order valence-electron chi connectivity index (χ3n) is 5.40. The Balaban J connectivity index is 1.59. The summed E-state index contributed by atoms with van der Waals surface area (Å²) in [4.78, 5) is 7.86. The predicted octanol–water partition coefficient (Wildman–Crippen LogP) is 7.36. The number of aromatic amines is 1. The van der Waals surface area contributed by atoms with Gasteiger partial charge in [-0.3, -0.25) is 0 Å². The molecule has 0 spiro atoms. The van der Waals surface area contributed by atoms with Crippen LogP contribution in [0.1, 0.15) is 30.7 Å². The fraction of sp³-hybridized carbons (Fsp3) is 0.115. The largest absolute Gasteiger partial charge is 0.481 e. The maximum atomic E-state index is 14.5. The maximum Gasteiger partial charge on any atom is 0.157 e. The van der Waals surface area contributed by atoms with Crippen LogP contribution in [0, 0.1) is 23.5 Å². The lowest BCUT2D eigenvalue weighted by Gasteiger charge is -2.31. The molecule has 3 aromatic carbocycles. The molecule has 0 saturated carbocycles. The third-order valence-corrected chi connectivity index (χ3v) is 6.01. The van der Waals surface area contributed by atoms with E-state index in [1.807, 2.05) is 19.9 Å². The molecule has 0 atom stereocenters. The van der Waals surface area contributed by atoms with Crippen molar-refractivity contribution < 1.29 is 13.5 Å². The molecule has 0 fully saturated rings. The highest BCUT2D eigenvalue weighted by molar-refractivity contribution is 6.33. The fourth-order valence-corrected chi connectivity index (χ4v) is 4.22. The van der Waals surface area contributed by atoms with Crippen LogP contribution in [-0.2, 0) is 5.60 Å². The molecule has 0 saturated heterocycles. The van der Waals surface area contributed by atoms with Gasteiger partial charge in [-0.1, -0.05) is 47.2 Å². The highest BCUT2D eigenvalue weighted by atomic mass is 35.5. The Hall–Kier alpha value is -3.33. The number of aromatic nitrogens is 2. The Labute approximate surface area is 199 Å². The van der Waals surface area contributed by atoms with Gasteiger partial charge in [-0.2, -0.15) is 0 Å². The summed E-state index contributed by atoms with van der Waals surface area (Å²) >= 11 is 12.1. The number of halogens is 4. The predicted molar refractivity (Wildman–Crippen MR) is 125 cm³/mol. The van der Waals surface area contributed by atoms with Crippen molar-refractivity contribution in [2.75, 3.05) is 0 Å². The van der Waals surface area contributed by atoms with Crippen LogP contribution in [0.2, 0.25) is 10.0 Å². The van der Waals surface area contributed by atoms with E-state index in [9.17, 15) is 8.78 Å². The van der Waals surface area contributed by atoms with Crippen molar-refractivity contribution in [3.05, 3.63) is 93.1 Å². The maximum absolute atomic E-state index is 14.5. The summed E-state index contributed by atoms with van der Waals surface area (Å²) in [6, 6.07) is 14.6.